The van der Waals surface area contributed by atoms with Gasteiger partial charge in [-0.15, -0.1) is 11.3 Å². The highest BCUT2D eigenvalue weighted by Gasteiger charge is 1.98. The SMILES string of the molecule is O=C(O)C=Cc1ccc(OCc2cscn2)cn1. The van der Waals surface area contributed by atoms with Crippen LogP contribution in [-0.2, 0) is 11.4 Å². The van der Waals surface area contributed by atoms with E-state index in [-0.39, 0.29) is 0 Å². The molecule has 0 aliphatic heterocycles. The molecule has 0 amide bonds. The van der Waals surface area contributed by atoms with Crippen LogP contribution in [0.4, 0.5) is 0 Å². The van der Waals surface area contributed by atoms with E-state index >= 15 is 0 Å². The van der Waals surface area contributed by atoms with Crippen molar-refractivity contribution in [2.75, 3.05) is 0 Å². The van der Waals surface area contributed by atoms with E-state index in [0.29, 0.717) is 18.1 Å². The predicted molar refractivity (Wildman–Crippen MR) is 67.4 cm³/mol. The van der Waals surface area contributed by atoms with Crippen molar-refractivity contribution in [1.82, 2.24) is 9.97 Å². The van der Waals surface area contributed by atoms with E-state index in [4.69, 9.17) is 9.84 Å². The maximum absolute atomic E-state index is 10.3. The summed E-state index contributed by atoms with van der Waals surface area (Å²) in [4.78, 5) is 18.5. The Morgan fingerprint density at radius 2 is 2.33 bits per heavy atom. The lowest BCUT2D eigenvalue weighted by Crippen LogP contribution is -1.96. The zero-order chi connectivity index (χ0) is 12.8. The molecule has 0 spiro atoms. The third kappa shape index (κ3) is 3.67. The minimum absolute atomic E-state index is 0.398. The molecule has 0 radical (unpaired) electrons. The number of carbonyl (C=O) groups is 1. The van der Waals surface area contributed by atoms with Gasteiger partial charge in [0.1, 0.15) is 12.4 Å². The molecule has 0 saturated heterocycles. The summed E-state index contributed by atoms with van der Waals surface area (Å²) in [6.45, 7) is 0.398. The Hall–Kier alpha value is -2.21. The van der Waals surface area contributed by atoms with Gasteiger partial charge in [-0.25, -0.2) is 9.78 Å². The molecule has 0 aromatic carbocycles. The highest BCUT2D eigenvalue weighted by atomic mass is 32.1. The first-order valence-corrected chi connectivity index (χ1v) is 6.05. The van der Waals surface area contributed by atoms with E-state index in [1.807, 2.05) is 5.38 Å². The van der Waals surface area contributed by atoms with Crippen LogP contribution in [0.2, 0.25) is 0 Å². The topological polar surface area (TPSA) is 72.3 Å². The quantitative estimate of drug-likeness (QED) is 0.836. The van der Waals surface area contributed by atoms with Crippen molar-refractivity contribution in [2.45, 2.75) is 6.61 Å². The largest absolute Gasteiger partial charge is 0.486 e. The van der Waals surface area contributed by atoms with Gasteiger partial charge in [0.15, 0.2) is 0 Å². The molecule has 6 heteroatoms. The van der Waals surface area contributed by atoms with E-state index in [0.717, 1.165) is 11.8 Å². The summed E-state index contributed by atoms with van der Waals surface area (Å²) < 4.78 is 5.47. The van der Waals surface area contributed by atoms with Crippen molar-refractivity contribution in [3.8, 4) is 5.75 Å². The molecule has 2 aromatic heterocycles. The van der Waals surface area contributed by atoms with E-state index in [1.54, 1.807) is 23.8 Å². The van der Waals surface area contributed by atoms with E-state index in [1.165, 1.54) is 17.4 Å². The monoisotopic (exact) mass is 262 g/mol. The first-order chi connectivity index (χ1) is 8.74. The number of carboxylic acid groups (broad SMARTS) is 1. The Balaban J connectivity index is 1.93. The fourth-order valence-electron chi connectivity index (χ4n) is 1.20. The molecule has 0 unspecified atom stereocenters. The van der Waals surface area contributed by atoms with Gasteiger partial charge in [0.05, 0.1) is 23.1 Å². The lowest BCUT2D eigenvalue weighted by molar-refractivity contribution is -0.131. The molecule has 0 aliphatic rings. The molecular formula is C12H10N2O3S. The summed E-state index contributed by atoms with van der Waals surface area (Å²) >= 11 is 1.51. The lowest BCUT2D eigenvalue weighted by Gasteiger charge is -2.03. The van der Waals surface area contributed by atoms with Gasteiger partial charge in [-0.3, -0.25) is 4.98 Å². The first-order valence-electron chi connectivity index (χ1n) is 5.11. The number of aliphatic carboxylic acids is 1. The molecule has 0 bridgehead atoms. The molecule has 18 heavy (non-hydrogen) atoms. The predicted octanol–water partition coefficient (Wildman–Crippen LogP) is 2.21. The second-order valence-electron chi connectivity index (χ2n) is 3.36. The van der Waals surface area contributed by atoms with Gasteiger partial charge >= 0.3 is 5.97 Å². The van der Waals surface area contributed by atoms with Gasteiger partial charge in [0.25, 0.3) is 0 Å². The van der Waals surface area contributed by atoms with E-state index < -0.39 is 5.97 Å². The summed E-state index contributed by atoms with van der Waals surface area (Å²) in [6, 6.07) is 3.43. The maximum Gasteiger partial charge on any atom is 0.328 e. The van der Waals surface area contributed by atoms with Gasteiger partial charge in [0.2, 0.25) is 0 Å². The fraction of sp³-hybridized carbons (Fsp3) is 0.0833. The molecule has 0 saturated carbocycles. The smallest absolute Gasteiger partial charge is 0.328 e. The summed E-state index contributed by atoms with van der Waals surface area (Å²) in [5, 5.41) is 10.4. The fourth-order valence-corrected chi connectivity index (χ4v) is 1.74. The minimum atomic E-state index is -0.999. The highest BCUT2D eigenvalue weighted by molar-refractivity contribution is 7.07. The molecule has 0 atom stereocenters. The molecule has 2 aromatic rings. The van der Waals surface area contributed by atoms with Crippen molar-refractivity contribution < 1.29 is 14.6 Å². The summed E-state index contributed by atoms with van der Waals surface area (Å²) in [5.41, 5.74) is 3.18. The molecule has 0 fully saturated rings. The lowest BCUT2D eigenvalue weighted by atomic mass is 10.3. The minimum Gasteiger partial charge on any atom is -0.486 e. The number of thiazole rings is 1. The Morgan fingerprint density at radius 3 is 2.94 bits per heavy atom. The van der Waals surface area contributed by atoms with Crippen molar-refractivity contribution in [3.05, 3.63) is 46.7 Å². The summed E-state index contributed by atoms with van der Waals surface area (Å²) in [7, 11) is 0. The summed E-state index contributed by atoms with van der Waals surface area (Å²) in [5.74, 6) is -0.379. The molecule has 92 valence electrons. The Kier molecular flexibility index (Phi) is 4.03. The number of nitrogens with zero attached hydrogens (tertiary/aromatic N) is 2. The zero-order valence-corrected chi connectivity index (χ0v) is 10.1. The van der Waals surface area contributed by atoms with Crippen molar-refractivity contribution >= 4 is 23.4 Å². The van der Waals surface area contributed by atoms with Crippen LogP contribution in [-0.4, -0.2) is 21.0 Å². The van der Waals surface area contributed by atoms with Gasteiger partial charge in [0, 0.05) is 11.5 Å². The first kappa shape index (κ1) is 12.3. The van der Waals surface area contributed by atoms with Crippen LogP contribution in [0.3, 0.4) is 0 Å². The average Bonchev–Trinajstić information content (AvgIpc) is 2.88. The number of hydrogen-bond donors (Lipinski definition) is 1. The molecule has 2 heterocycles. The van der Waals surface area contributed by atoms with Crippen LogP contribution in [0.5, 0.6) is 5.75 Å². The van der Waals surface area contributed by atoms with Crippen LogP contribution in [0, 0.1) is 0 Å². The van der Waals surface area contributed by atoms with Crippen LogP contribution >= 0.6 is 11.3 Å². The normalized spacial score (nSPS) is 10.7. The number of aromatic nitrogens is 2. The molecule has 0 aliphatic carbocycles. The number of carboxylic acids is 1. The van der Waals surface area contributed by atoms with Crippen LogP contribution in [0.15, 0.2) is 35.3 Å². The third-order valence-electron chi connectivity index (χ3n) is 2.03. The van der Waals surface area contributed by atoms with Crippen LogP contribution in [0.25, 0.3) is 6.08 Å². The van der Waals surface area contributed by atoms with Gasteiger partial charge in [-0.1, -0.05) is 0 Å². The molecule has 5 nitrogen and oxygen atoms in total. The van der Waals surface area contributed by atoms with E-state index in [9.17, 15) is 4.79 Å². The van der Waals surface area contributed by atoms with Gasteiger partial charge in [-0.05, 0) is 18.2 Å². The van der Waals surface area contributed by atoms with Crippen molar-refractivity contribution in [3.63, 3.8) is 0 Å². The average molecular weight is 262 g/mol. The maximum atomic E-state index is 10.3. The van der Waals surface area contributed by atoms with Gasteiger partial charge in [-0.2, -0.15) is 0 Å². The number of pyridine rings is 1. The van der Waals surface area contributed by atoms with Crippen LogP contribution < -0.4 is 4.74 Å². The molecule has 1 N–H and O–H groups in total. The second kappa shape index (κ2) is 5.92. The zero-order valence-electron chi connectivity index (χ0n) is 9.31. The Labute approximate surface area is 107 Å². The number of rotatable bonds is 5. The van der Waals surface area contributed by atoms with Crippen molar-refractivity contribution in [2.24, 2.45) is 0 Å². The van der Waals surface area contributed by atoms with Crippen LogP contribution in [0.1, 0.15) is 11.4 Å². The highest BCUT2D eigenvalue weighted by Crippen LogP contribution is 2.12. The second-order valence-corrected chi connectivity index (χ2v) is 4.08. The molecular weight excluding hydrogens is 252 g/mol. The third-order valence-corrected chi connectivity index (χ3v) is 2.66. The van der Waals surface area contributed by atoms with Gasteiger partial charge < -0.3 is 9.84 Å². The Bertz CT molecular complexity index is 535. The summed E-state index contributed by atoms with van der Waals surface area (Å²) in [6.07, 6.45) is 4.01. The molecule has 2 rings (SSSR count). The van der Waals surface area contributed by atoms with Crippen molar-refractivity contribution in [1.29, 1.82) is 0 Å². The standard InChI is InChI=1S/C12H10N2O3S/c15-12(16)4-2-9-1-3-11(5-13-9)17-6-10-7-18-8-14-10/h1-5,7-8H,6H2,(H,15,16). The Morgan fingerprint density at radius 1 is 1.44 bits per heavy atom. The number of ether oxygens (including phenoxy) is 1. The van der Waals surface area contributed by atoms with E-state index in [2.05, 4.69) is 9.97 Å². The number of hydrogen-bond acceptors (Lipinski definition) is 5.